The molecule has 0 unspecified atom stereocenters. The van der Waals surface area contributed by atoms with Gasteiger partial charge in [-0.3, -0.25) is 0 Å². The van der Waals surface area contributed by atoms with Crippen LogP contribution in [0.2, 0.25) is 5.02 Å². The molecule has 0 spiro atoms. The lowest BCUT2D eigenvalue weighted by Crippen LogP contribution is -2.44. The third kappa shape index (κ3) is 1.47. The molecule has 0 aromatic heterocycles. The van der Waals surface area contributed by atoms with E-state index in [4.69, 9.17) is 17.3 Å². The van der Waals surface area contributed by atoms with Crippen molar-refractivity contribution in [2.24, 2.45) is 5.73 Å². The molecule has 14 heavy (non-hydrogen) atoms. The van der Waals surface area contributed by atoms with E-state index in [0.29, 0.717) is 10.0 Å². The SMILES string of the molecule is NC1(c2c(Br)ccc(Cl)c2F)CCC1. The highest BCUT2D eigenvalue weighted by atomic mass is 79.9. The maximum absolute atomic E-state index is 13.7. The van der Waals surface area contributed by atoms with E-state index in [1.54, 1.807) is 6.07 Å². The molecule has 0 amide bonds. The van der Waals surface area contributed by atoms with Gasteiger partial charge in [0.25, 0.3) is 0 Å². The maximum atomic E-state index is 13.7. The van der Waals surface area contributed by atoms with E-state index in [9.17, 15) is 4.39 Å². The monoisotopic (exact) mass is 277 g/mol. The molecule has 1 nitrogen and oxygen atoms in total. The lowest BCUT2D eigenvalue weighted by molar-refractivity contribution is 0.244. The Kier molecular flexibility index (Phi) is 2.58. The minimum atomic E-state index is -0.520. The average molecular weight is 279 g/mol. The molecule has 0 aliphatic heterocycles. The van der Waals surface area contributed by atoms with Crippen LogP contribution in [0.4, 0.5) is 4.39 Å². The molecule has 1 aliphatic carbocycles. The van der Waals surface area contributed by atoms with Crippen LogP contribution >= 0.6 is 27.5 Å². The summed E-state index contributed by atoms with van der Waals surface area (Å²) in [6, 6.07) is 3.28. The predicted molar refractivity (Wildman–Crippen MR) is 58.8 cm³/mol. The van der Waals surface area contributed by atoms with Crippen LogP contribution in [0, 0.1) is 5.82 Å². The second-order valence-corrected chi connectivity index (χ2v) is 4.99. The van der Waals surface area contributed by atoms with Gasteiger partial charge in [0.2, 0.25) is 0 Å². The second kappa shape index (κ2) is 3.47. The third-order valence-corrected chi connectivity index (χ3v) is 3.74. The van der Waals surface area contributed by atoms with Crippen molar-refractivity contribution < 1.29 is 4.39 Å². The van der Waals surface area contributed by atoms with Gasteiger partial charge in [0.1, 0.15) is 5.82 Å². The first kappa shape index (κ1) is 10.4. The highest BCUT2D eigenvalue weighted by Crippen LogP contribution is 2.44. The summed E-state index contributed by atoms with van der Waals surface area (Å²) < 4.78 is 14.4. The zero-order valence-corrected chi connectivity index (χ0v) is 9.83. The van der Waals surface area contributed by atoms with Crippen LogP contribution in [-0.4, -0.2) is 0 Å². The molecule has 0 heterocycles. The van der Waals surface area contributed by atoms with Crippen molar-refractivity contribution in [1.82, 2.24) is 0 Å². The van der Waals surface area contributed by atoms with Crippen LogP contribution in [0.15, 0.2) is 16.6 Å². The number of halogens is 3. The summed E-state index contributed by atoms with van der Waals surface area (Å²) in [6.07, 6.45) is 2.70. The molecule has 0 bridgehead atoms. The van der Waals surface area contributed by atoms with E-state index in [-0.39, 0.29) is 10.8 Å². The van der Waals surface area contributed by atoms with E-state index >= 15 is 0 Å². The normalized spacial score (nSPS) is 19.1. The fourth-order valence-electron chi connectivity index (χ4n) is 1.79. The van der Waals surface area contributed by atoms with E-state index < -0.39 is 5.54 Å². The maximum Gasteiger partial charge on any atom is 0.147 e. The van der Waals surface area contributed by atoms with Gasteiger partial charge in [-0.1, -0.05) is 27.5 Å². The number of hydrogen-bond donors (Lipinski definition) is 1. The van der Waals surface area contributed by atoms with Crippen molar-refractivity contribution in [3.05, 3.63) is 33.0 Å². The fourth-order valence-corrected chi connectivity index (χ4v) is 2.65. The van der Waals surface area contributed by atoms with Gasteiger partial charge in [0, 0.05) is 15.6 Å². The standard InChI is InChI=1S/C10H10BrClFN/c11-6-2-3-7(12)9(13)8(6)10(14)4-1-5-10/h2-3H,1,4-5,14H2. The van der Waals surface area contributed by atoms with Gasteiger partial charge >= 0.3 is 0 Å². The van der Waals surface area contributed by atoms with E-state index in [1.807, 2.05) is 0 Å². The molecular weight excluding hydrogens is 268 g/mol. The van der Waals surface area contributed by atoms with Gasteiger partial charge in [0.15, 0.2) is 0 Å². The molecular formula is C10H10BrClFN. The Labute approximate surface area is 95.6 Å². The van der Waals surface area contributed by atoms with E-state index in [0.717, 1.165) is 19.3 Å². The van der Waals surface area contributed by atoms with E-state index in [1.165, 1.54) is 6.07 Å². The van der Waals surface area contributed by atoms with Crippen molar-refractivity contribution in [3.8, 4) is 0 Å². The number of rotatable bonds is 1. The number of hydrogen-bond acceptors (Lipinski definition) is 1. The van der Waals surface area contributed by atoms with Gasteiger partial charge in [-0.05, 0) is 31.4 Å². The fraction of sp³-hybridized carbons (Fsp3) is 0.400. The van der Waals surface area contributed by atoms with Gasteiger partial charge in [-0.2, -0.15) is 0 Å². The van der Waals surface area contributed by atoms with Crippen LogP contribution in [0.25, 0.3) is 0 Å². The number of nitrogens with two attached hydrogens (primary N) is 1. The summed E-state index contributed by atoms with van der Waals surface area (Å²) in [5.41, 5.74) is 6.07. The molecule has 2 N–H and O–H groups in total. The van der Waals surface area contributed by atoms with Crippen molar-refractivity contribution in [2.45, 2.75) is 24.8 Å². The summed E-state index contributed by atoms with van der Waals surface area (Å²) in [7, 11) is 0. The Morgan fingerprint density at radius 1 is 1.43 bits per heavy atom. The molecule has 0 saturated heterocycles. The highest BCUT2D eigenvalue weighted by Gasteiger charge is 2.38. The Morgan fingerprint density at radius 3 is 2.57 bits per heavy atom. The largest absolute Gasteiger partial charge is 0.321 e. The van der Waals surface area contributed by atoms with Gasteiger partial charge in [-0.15, -0.1) is 0 Å². The minimum absolute atomic E-state index is 0.139. The molecule has 2 rings (SSSR count). The first-order valence-corrected chi connectivity index (χ1v) is 5.64. The Bertz CT molecular complexity index is 377. The third-order valence-electron chi connectivity index (χ3n) is 2.79. The first-order chi connectivity index (χ1) is 6.54. The predicted octanol–water partition coefficient (Wildman–Crippen LogP) is 3.58. The van der Waals surface area contributed by atoms with Crippen molar-refractivity contribution in [1.29, 1.82) is 0 Å². The van der Waals surface area contributed by atoms with Crippen LogP contribution in [0.3, 0.4) is 0 Å². The highest BCUT2D eigenvalue weighted by molar-refractivity contribution is 9.10. The minimum Gasteiger partial charge on any atom is -0.321 e. The van der Waals surface area contributed by atoms with Crippen LogP contribution in [-0.2, 0) is 5.54 Å². The molecule has 4 heteroatoms. The summed E-state index contributed by atoms with van der Waals surface area (Å²) >= 11 is 9.03. The second-order valence-electron chi connectivity index (χ2n) is 3.73. The zero-order chi connectivity index (χ0) is 10.3. The molecule has 1 saturated carbocycles. The molecule has 1 fully saturated rings. The molecule has 0 radical (unpaired) electrons. The Morgan fingerprint density at radius 2 is 2.07 bits per heavy atom. The lowest BCUT2D eigenvalue weighted by Gasteiger charge is -2.39. The zero-order valence-electron chi connectivity index (χ0n) is 7.49. The molecule has 1 aromatic rings. The molecule has 76 valence electrons. The summed E-state index contributed by atoms with van der Waals surface area (Å²) in [4.78, 5) is 0. The lowest BCUT2D eigenvalue weighted by atomic mass is 9.72. The van der Waals surface area contributed by atoms with Crippen molar-refractivity contribution >= 4 is 27.5 Å². The Balaban J connectivity index is 2.56. The quantitative estimate of drug-likeness (QED) is 0.781. The molecule has 1 aliphatic rings. The van der Waals surface area contributed by atoms with Crippen LogP contribution < -0.4 is 5.73 Å². The number of benzene rings is 1. The van der Waals surface area contributed by atoms with Gasteiger partial charge < -0.3 is 5.73 Å². The molecule has 0 atom stereocenters. The summed E-state index contributed by atoms with van der Waals surface area (Å²) in [6.45, 7) is 0. The van der Waals surface area contributed by atoms with E-state index in [2.05, 4.69) is 15.9 Å². The van der Waals surface area contributed by atoms with Crippen molar-refractivity contribution in [2.75, 3.05) is 0 Å². The smallest absolute Gasteiger partial charge is 0.147 e. The molecule has 1 aromatic carbocycles. The Hall–Kier alpha value is -0.120. The van der Waals surface area contributed by atoms with Gasteiger partial charge in [-0.25, -0.2) is 4.39 Å². The van der Waals surface area contributed by atoms with Crippen LogP contribution in [0.5, 0.6) is 0 Å². The van der Waals surface area contributed by atoms with Crippen molar-refractivity contribution in [3.63, 3.8) is 0 Å². The summed E-state index contributed by atoms with van der Waals surface area (Å²) in [5.74, 6) is -0.386. The van der Waals surface area contributed by atoms with Gasteiger partial charge in [0.05, 0.1) is 5.02 Å². The topological polar surface area (TPSA) is 26.0 Å². The van der Waals surface area contributed by atoms with Crippen LogP contribution in [0.1, 0.15) is 24.8 Å². The first-order valence-electron chi connectivity index (χ1n) is 4.47. The summed E-state index contributed by atoms with van der Waals surface area (Å²) in [5, 5.41) is 0.139. The average Bonchev–Trinajstić information content (AvgIpc) is 2.09.